The number of carbonyl (C=O) groups is 3. The summed E-state index contributed by atoms with van der Waals surface area (Å²) in [6.07, 6.45) is 3.00. The Kier molecular flexibility index (Phi) is 7.34. The average molecular weight is 593 g/mol. The van der Waals surface area contributed by atoms with Gasteiger partial charge in [0, 0.05) is 38.1 Å². The van der Waals surface area contributed by atoms with Gasteiger partial charge in [0.1, 0.15) is 5.41 Å². The molecule has 1 spiro atoms. The molecular weight excluding hydrogens is 560 g/mol. The van der Waals surface area contributed by atoms with Gasteiger partial charge in [-0.15, -0.1) is 0 Å². The van der Waals surface area contributed by atoms with E-state index in [1.807, 2.05) is 66.4 Å². The molecule has 4 aromatic rings. The lowest BCUT2D eigenvalue weighted by Gasteiger charge is -2.52. The number of imide groups is 1. The zero-order chi connectivity index (χ0) is 31.1. The lowest BCUT2D eigenvalue weighted by Crippen LogP contribution is -2.71. The second-order valence-corrected chi connectivity index (χ2v) is 11.2. The van der Waals surface area contributed by atoms with Gasteiger partial charge in [0.15, 0.2) is 5.54 Å². The van der Waals surface area contributed by atoms with Crippen LogP contribution < -0.4 is 9.80 Å². The number of hydrogen-bond donors (Lipinski definition) is 2. The number of piperidine rings is 1. The third-order valence-corrected chi connectivity index (χ3v) is 8.96. The molecule has 2 N–H and O–H groups in total. The molecular formula is C33H32N6O5. The number of hydrogen-bond acceptors (Lipinski definition) is 8. The van der Waals surface area contributed by atoms with Gasteiger partial charge in [-0.05, 0) is 54.7 Å². The van der Waals surface area contributed by atoms with Crippen LogP contribution in [0.3, 0.4) is 0 Å². The van der Waals surface area contributed by atoms with E-state index >= 15 is 0 Å². The normalized spacial score (nSPS) is 22.1. The van der Waals surface area contributed by atoms with Gasteiger partial charge >= 0.3 is 12.0 Å². The Morgan fingerprint density at radius 2 is 1.66 bits per heavy atom. The Morgan fingerprint density at radius 3 is 2.32 bits per heavy atom. The zero-order valence-corrected chi connectivity index (χ0v) is 24.4. The van der Waals surface area contributed by atoms with Crippen LogP contribution in [0.15, 0.2) is 85.2 Å². The minimum absolute atomic E-state index is 0.00120. The number of benzene rings is 2. The largest absolute Gasteiger partial charge is 0.493 e. The molecule has 11 heteroatoms. The van der Waals surface area contributed by atoms with E-state index in [-0.39, 0.29) is 25.3 Å². The number of nitrogens with zero attached hydrogens (tertiary/aromatic N) is 6. The number of pyridine rings is 1. The number of anilines is 2. The molecule has 0 aliphatic carbocycles. The maximum atomic E-state index is 14.8. The second-order valence-electron chi connectivity index (χ2n) is 11.2. The molecule has 0 saturated carbocycles. The van der Waals surface area contributed by atoms with Gasteiger partial charge in [-0.1, -0.05) is 55.5 Å². The first-order chi connectivity index (χ1) is 21.2. The SMILES string of the molecule is CCC1(C(=O)O)CN(Cc2ncccc2C)CCC12C(=O)N(c1ccc(-c3ccccc3)cc1)C(=O)N2c1nccc(O)n1. The van der Waals surface area contributed by atoms with Crippen LogP contribution in [0, 0.1) is 12.3 Å². The van der Waals surface area contributed by atoms with Crippen molar-refractivity contribution in [1.29, 1.82) is 0 Å². The highest BCUT2D eigenvalue weighted by molar-refractivity contribution is 6.31. The molecule has 2 saturated heterocycles. The quantitative estimate of drug-likeness (QED) is 0.294. The Morgan fingerprint density at radius 1 is 0.932 bits per heavy atom. The highest BCUT2D eigenvalue weighted by Crippen LogP contribution is 2.52. The molecule has 224 valence electrons. The lowest BCUT2D eigenvalue weighted by atomic mass is 9.62. The summed E-state index contributed by atoms with van der Waals surface area (Å²) < 4.78 is 0. The number of carboxylic acid groups (broad SMARTS) is 1. The minimum atomic E-state index is -1.87. The first-order valence-electron chi connectivity index (χ1n) is 14.4. The van der Waals surface area contributed by atoms with E-state index in [1.165, 1.54) is 12.3 Å². The van der Waals surface area contributed by atoms with Gasteiger partial charge in [-0.2, -0.15) is 4.98 Å². The third kappa shape index (κ3) is 4.47. The van der Waals surface area contributed by atoms with E-state index in [2.05, 4.69) is 15.0 Å². The summed E-state index contributed by atoms with van der Waals surface area (Å²) in [5.41, 5.74) is 0.320. The van der Waals surface area contributed by atoms with Crippen LogP contribution in [0.2, 0.25) is 0 Å². The number of carboxylic acids is 1. The standard InChI is InChI=1S/C33H32N6O5/c1-3-32(29(42)43)21-37(20-26-22(2)8-7-17-34-26)19-16-33(32)28(41)38(31(44)39(33)30-35-18-15-27(40)36-30)25-13-11-24(12-14-25)23-9-5-4-6-10-23/h4-15,17-18H,3,16,19-21H2,1-2H3,(H,42,43)(H,35,36,40). The lowest BCUT2D eigenvalue weighted by molar-refractivity contribution is -0.163. The molecule has 44 heavy (non-hydrogen) atoms. The van der Waals surface area contributed by atoms with Crippen LogP contribution in [-0.4, -0.2) is 66.6 Å². The summed E-state index contributed by atoms with van der Waals surface area (Å²) in [7, 11) is 0. The van der Waals surface area contributed by atoms with Gasteiger partial charge in [-0.25, -0.2) is 19.6 Å². The number of aromatic hydroxyl groups is 1. The van der Waals surface area contributed by atoms with E-state index in [0.29, 0.717) is 18.8 Å². The van der Waals surface area contributed by atoms with Gasteiger partial charge < -0.3 is 10.2 Å². The minimum Gasteiger partial charge on any atom is -0.493 e. The van der Waals surface area contributed by atoms with Gasteiger partial charge in [0.25, 0.3) is 5.91 Å². The van der Waals surface area contributed by atoms with E-state index < -0.39 is 34.7 Å². The molecule has 2 aliphatic heterocycles. The zero-order valence-electron chi connectivity index (χ0n) is 24.4. The van der Waals surface area contributed by atoms with Crippen molar-refractivity contribution in [3.05, 3.63) is 96.4 Å². The number of amides is 3. The van der Waals surface area contributed by atoms with Crippen molar-refractivity contribution in [1.82, 2.24) is 19.9 Å². The van der Waals surface area contributed by atoms with E-state index in [1.54, 1.807) is 25.3 Å². The Bertz CT molecular complexity index is 1730. The number of aryl methyl sites for hydroxylation is 1. The number of carbonyl (C=O) groups excluding carboxylic acids is 2. The molecule has 2 aromatic heterocycles. The van der Waals surface area contributed by atoms with Crippen molar-refractivity contribution >= 4 is 29.5 Å². The highest BCUT2D eigenvalue weighted by atomic mass is 16.4. The molecule has 0 bridgehead atoms. The van der Waals surface area contributed by atoms with E-state index in [0.717, 1.165) is 32.2 Å². The fourth-order valence-electron chi connectivity index (χ4n) is 6.61. The molecule has 2 aromatic carbocycles. The van der Waals surface area contributed by atoms with Crippen LogP contribution in [0.5, 0.6) is 5.88 Å². The van der Waals surface area contributed by atoms with Gasteiger partial charge in [0.2, 0.25) is 11.8 Å². The molecule has 3 amide bonds. The summed E-state index contributed by atoms with van der Waals surface area (Å²) >= 11 is 0. The van der Waals surface area contributed by atoms with Crippen molar-refractivity contribution in [2.24, 2.45) is 5.41 Å². The number of aliphatic carboxylic acids is 1. The van der Waals surface area contributed by atoms with E-state index in [4.69, 9.17) is 0 Å². The van der Waals surface area contributed by atoms with Gasteiger partial charge in [0.05, 0.1) is 11.4 Å². The first-order valence-corrected chi connectivity index (χ1v) is 14.4. The van der Waals surface area contributed by atoms with Crippen molar-refractivity contribution in [2.75, 3.05) is 22.9 Å². The Balaban J connectivity index is 1.47. The molecule has 2 atom stereocenters. The second kappa shape index (κ2) is 11.2. The number of aromatic nitrogens is 3. The summed E-state index contributed by atoms with van der Waals surface area (Å²) in [5.74, 6) is -2.52. The highest BCUT2D eigenvalue weighted by Gasteiger charge is 2.73. The smallest absolute Gasteiger partial charge is 0.339 e. The van der Waals surface area contributed by atoms with Crippen LogP contribution in [0.4, 0.5) is 16.4 Å². The third-order valence-electron chi connectivity index (χ3n) is 8.96. The van der Waals surface area contributed by atoms with Crippen molar-refractivity contribution in [2.45, 2.75) is 38.8 Å². The van der Waals surface area contributed by atoms with Gasteiger partial charge in [-0.3, -0.25) is 19.5 Å². The maximum absolute atomic E-state index is 14.8. The summed E-state index contributed by atoms with van der Waals surface area (Å²) in [5, 5.41) is 21.2. The van der Waals surface area contributed by atoms with Crippen molar-refractivity contribution in [3.63, 3.8) is 0 Å². The molecule has 6 rings (SSSR count). The van der Waals surface area contributed by atoms with Crippen LogP contribution >= 0.6 is 0 Å². The predicted octanol–water partition coefficient (Wildman–Crippen LogP) is 4.65. The molecule has 2 unspecified atom stereocenters. The fraction of sp³-hybridized carbons (Fsp3) is 0.273. The Hall–Kier alpha value is -5.16. The van der Waals surface area contributed by atoms with E-state index in [9.17, 15) is 24.6 Å². The molecule has 2 aliphatic rings. The summed E-state index contributed by atoms with van der Waals surface area (Å²) in [4.78, 5) is 59.4. The number of likely N-dealkylation sites (tertiary alicyclic amines) is 1. The van der Waals surface area contributed by atoms with Crippen molar-refractivity contribution < 1.29 is 24.6 Å². The molecule has 0 radical (unpaired) electrons. The Labute approximate surface area is 254 Å². The van der Waals surface area contributed by atoms with Crippen LogP contribution in [0.25, 0.3) is 11.1 Å². The fourth-order valence-corrected chi connectivity index (χ4v) is 6.61. The first kappa shape index (κ1) is 28.9. The van der Waals surface area contributed by atoms with Crippen LogP contribution in [-0.2, 0) is 16.1 Å². The number of rotatable bonds is 7. The average Bonchev–Trinajstić information content (AvgIpc) is 3.25. The topological polar surface area (TPSA) is 140 Å². The van der Waals surface area contributed by atoms with Crippen molar-refractivity contribution in [3.8, 4) is 17.0 Å². The summed E-state index contributed by atoms with van der Waals surface area (Å²) in [6, 6.07) is 20.9. The molecule has 2 fully saturated rings. The van der Waals surface area contributed by atoms with Crippen LogP contribution in [0.1, 0.15) is 31.0 Å². The maximum Gasteiger partial charge on any atom is 0.339 e. The molecule has 4 heterocycles. The number of urea groups is 1. The monoisotopic (exact) mass is 592 g/mol. The molecule has 11 nitrogen and oxygen atoms in total. The predicted molar refractivity (Wildman–Crippen MR) is 163 cm³/mol. The summed E-state index contributed by atoms with van der Waals surface area (Å²) in [6.45, 7) is 4.32.